The number of oxime groups is 1. The summed E-state index contributed by atoms with van der Waals surface area (Å²) in [5.41, 5.74) is 6.21. The molecular formula is C47H79N3O6S. The Hall–Kier alpha value is -3.50. The molecule has 2 saturated carbocycles. The number of carbonyl (C=O) groups excluding carboxylic acids is 2. The Bertz CT molecular complexity index is 1570. The molecule has 0 bridgehead atoms. The molecular weight excluding hydrogens is 735 g/mol. The van der Waals surface area contributed by atoms with Crippen LogP contribution in [-0.2, 0) is 24.4 Å². The molecule has 0 aliphatic heterocycles. The predicted molar refractivity (Wildman–Crippen MR) is 241 cm³/mol. The fourth-order valence-electron chi connectivity index (χ4n) is 5.68. The number of carbonyl (C=O) groups is 2. The first-order chi connectivity index (χ1) is 26.1. The lowest BCUT2D eigenvalue weighted by atomic mass is 9.80. The zero-order valence-electron chi connectivity index (χ0n) is 36.9. The van der Waals surface area contributed by atoms with Crippen molar-refractivity contribution in [1.82, 2.24) is 10.0 Å². The van der Waals surface area contributed by atoms with Crippen LogP contribution in [0.15, 0.2) is 66.8 Å². The summed E-state index contributed by atoms with van der Waals surface area (Å²) in [5, 5.41) is 7.02. The van der Waals surface area contributed by atoms with E-state index in [4.69, 9.17) is 9.57 Å². The van der Waals surface area contributed by atoms with Crippen LogP contribution < -0.4 is 10.0 Å². The Morgan fingerprint density at radius 2 is 1.18 bits per heavy atom. The molecule has 324 valence electrons. The number of Topliss-reactive ketones (excluding diaryl/α,β-unsaturated/α-hetero) is 1. The maximum Gasteiger partial charge on any atom is 0.407 e. The van der Waals surface area contributed by atoms with E-state index in [0.717, 1.165) is 61.3 Å². The number of nitrogens with one attached hydrogen (secondary N) is 2. The monoisotopic (exact) mass is 814 g/mol. The minimum absolute atomic E-state index is 0. The second-order valence-electron chi connectivity index (χ2n) is 17.3. The van der Waals surface area contributed by atoms with Crippen molar-refractivity contribution in [1.29, 1.82) is 0 Å². The van der Waals surface area contributed by atoms with Crippen LogP contribution in [0, 0.1) is 23.2 Å². The number of hydrogen-bond donors (Lipinski definition) is 2. The van der Waals surface area contributed by atoms with Gasteiger partial charge in [-0.3, -0.25) is 4.79 Å². The maximum absolute atomic E-state index is 12.3. The van der Waals surface area contributed by atoms with Crippen LogP contribution in [-0.4, -0.2) is 55.5 Å². The third-order valence-electron chi connectivity index (χ3n) is 9.72. The summed E-state index contributed by atoms with van der Waals surface area (Å²) in [6, 6.07) is 16.3. The van der Waals surface area contributed by atoms with Gasteiger partial charge in [0.05, 0.1) is 17.4 Å². The second-order valence-corrected chi connectivity index (χ2v) is 19.2. The minimum atomic E-state index is -2.94. The van der Waals surface area contributed by atoms with Gasteiger partial charge in [0.1, 0.15) is 11.8 Å². The summed E-state index contributed by atoms with van der Waals surface area (Å²) >= 11 is 0. The number of amides is 1. The Morgan fingerprint density at radius 3 is 1.53 bits per heavy atom. The smallest absolute Gasteiger partial charge is 0.407 e. The number of ether oxygens (including phenoxy) is 1. The molecule has 0 heterocycles. The molecule has 3 aliphatic rings. The van der Waals surface area contributed by atoms with Crippen LogP contribution in [0.4, 0.5) is 4.79 Å². The number of sulfonamides is 1. The van der Waals surface area contributed by atoms with E-state index >= 15 is 0 Å². The highest BCUT2D eigenvalue weighted by atomic mass is 32.2. The first-order valence-corrected chi connectivity index (χ1v) is 22.1. The van der Waals surface area contributed by atoms with Crippen molar-refractivity contribution in [2.24, 2.45) is 28.3 Å². The molecule has 0 aromatic heterocycles. The van der Waals surface area contributed by atoms with Gasteiger partial charge in [-0.2, -0.15) is 0 Å². The first kappa shape index (κ1) is 53.5. The number of hydrogen-bond acceptors (Lipinski definition) is 7. The van der Waals surface area contributed by atoms with Crippen LogP contribution in [0.1, 0.15) is 154 Å². The molecule has 0 saturated heterocycles. The van der Waals surface area contributed by atoms with Crippen molar-refractivity contribution >= 4 is 27.6 Å². The minimum Gasteiger partial charge on any atom is -0.447 e. The highest BCUT2D eigenvalue weighted by Crippen LogP contribution is 2.36. The Labute approximate surface area is 348 Å². The molecule has 2 fully saturated rings. The van der Waals surface area contributed by atoms with E-state index in [2.05, 4.69) is 99.4 Å². The van der Waals surface area contributed by atoms with E-state index in [0.29, 0.717) is 5.41 Å². The molecule has 9 nitrogen and oxygen atoms in total. The highest BCUT2D eigenvalue weighted by Gasteiger charge is 2.36. The predicted octanol–water partition coefficient (Wildman–Crippen LogP) is 11.7. The summed E-state index contributed by atoms with van der Waals surface area (Å²) in [7, 11) is -2.94. The number of benzene rings is 2. The van der Waals surface area contributed by atoms with Crippen LogP contribution in [0.2, 0.25) is 0 Å². The van der Waals surface area contributed by atoms with Gasteiger partial charge in [0.25, 0.3) is 0 Å². The van der Waals surface area contributed by atoms with Crippen LogP contribution in [0.3, 0.4) is 0 Å². The van der Waals surface area contributed by atoms with Gasteiger partial charge in [-0.1, -0.05) is 129 Å². The molecule has 2 aromatic carbocycles. The van der Waals surface area contributed by atoms with Crippen molar-refractivity contribution < 1.29 is 27.6 Å². The van der Waals surface area contributed by atoms with Gasteiger partial charge >= 0.3 is 6.09 Å². The Kier molecular flexibility index (Phi) is 24.2. The van der Waals surface area contributed by atoms with Crippen LogP contribution >= 0.6 is 0 Å². The number of ketones is 1. The molecule has 5 rings (SSSR count). The van der Waals surface area contributed by atoms with Crippen molar-refractivity contribution in [3.8, 4) is 11.1 Å². The van der Waals surface area contributed by atoms with Crippen molar-refractivity contribution in [3.63, 3.8) is 0 Å². The summed E-state index contributed by atoms with van der Waals surface area (Å²) in [4.78, 5) is 29.5. The molecule has 2 N–H and O–H groups in total. The molecule has 57 heavy (non-hydrogen) atoms. The standard InChI is InChI=1S/C16H15NO.C15H27NO3.C7H16.C6H13NO2S.C2H4.CH4/c1-11(2)18-17-16-14-9-5-3-7-12(14)13-8-4-6-10-15(13)16;1-10(2)14(17)13(12-8-6-5-7-9-12)16-15(18)19-11(3)4;1-6(2)7(3,4)5;1-5(2)7-10(8,9)6-3-4-6;1-2;/h3-11H,1-2H3;10-13H,5-9H2,1-4H3,(H,16,18);6H,1-5H3;5-7H,3-4H2,1-2H3;1-2H2;1H4/t;13-;;;;/m.0..../s1. The third kappa shape index (κ3) is 19.2. The summed E-state index contributed by atoms with van der Waals surface area (Å²) in [6.45, 7) is 32.3. The molecule has 0 unspecified atom stereocenters. The largest absolute Gasteiger partial charge is 0.447 e. The van der Waals surface area contributed by atoms with Crippen LogP contribution in [0.5, 0.6) is 0 Å². The van der Waals surface area contributed by atoms with Gasteiger partial charge in [-0.15, -0.1) is 13.2 Å². The zero-order chi connectivity index (χ0) is 42.8. The number of rotatable bonds is 10. The number of fused-ring (bicyclic) bond motifs is 3. The van der Waals surface area contributed by atoms with Crippen LogP contribution in [0.25, 0.3) is 11.1 Å². The molecule has 3 aliphatic carbocycles. The van der Waals surface area contributed by atoms with E-state index in [1.54, 1.807) is 13.8 Å². The fourth-order valence-corrected chi connectivity index (χ4v) is 7.28. The lowest BCUT2D eigenvalue weighted by Gasteiger charge is -2.30. The third-order valence-corrected chi connectivity index (χ3v) is 11.9. The molecule has 1 atom stereocenters. The fraction of sp³-hybridized carbons (Fsp3) is 0.638. The average molecular weight is 814 g/mol. The zero-order valence-corrected chi connectivity index (χ0v) is 37.7. The van der Waals surface area contributed by atoms with Gasteiger partial charge in [-0.25, -0.2) is 17.9 Å². The van der Waals surface area contributed by atoms with Gasteiger partial charge in [-0.05, 0) is 95.6 Å². The number of alkyl carbamates (subject to hydrolysis) is 1. The topological polar surface area (TPSA) is 123 Å². The molecule has 1 amide bonds. The lowest BCUT2D eigenvalue weighted by molar-refractivity contribution is -0.125. The van der Waals surface area contributed by atoms with E-state index in [1.807, 2.05) is 53.7 Å². The molecule has 10 heteroatoms. The second kappa shape index (κ2) is 25.8. The molecule has 0 radical (unpaired) electrons. The lowest BCUT2D eigenvalue weighted by Crippen LogP contribution is -2.48. The van der Waals surface area contributed by atoms with E-state index in [1.165, 1.54) is 17.5 Å². The highest BCUT2D eigenvalue weighted by molar-refractivity contribution is 7.90. The van der Waals surface area contributed by atoms with Gasteiger partial charge in [0.15, 0.2) is 5.78 Å². The Morgan fingerprint density at radius 1 is 0.737 bits per heavy atom. The summed E-state index contributed by atoms with van der Waals surface area (Å²) < 4.78 is 29.8. The van der Waals surface area contributed by atoms with Gasteiger partial charge in [0, 0.05) is 23.1 Å². The first-order valence-electron chi connectivity index (χ1n) is 20.6. The van der Waals surface area contributed by atoms with Gasteiger partial charge < -0.3 is 14.9 Å². The van der Waals surface area contributed by atoms with Crippen molar-refractivity contribution in [3.05, 3.63) is 72.8 Å². The van der Waals surface area contributed by atoms with E-state index < -0.39 is 16.1 Å². The van der Waals surface area contributed by atoms with Gasteiger partial charge in [0.2, 0.25) is 10.0 Å². The quantitative estimate of drug-likeness (QED) is 0.155. The normalized spacial score (nSPS) is 15.2. The van der Waals surface area contributed by atoms with Crippen molar-refractivity contribution in [2.75, 3.05) is 0 Å². The number of nitrogens with zero attached hydrogens (tertiary/aromatic N) is 1. The average Bonchev–Trinajstić information content (AvgIpc) is 3.94. The van der Waals surface area contributed by atoms with E-state index in [9.17, 15) is 18.0 Å². The summed E-state index contributed by atoms with van der Waals surface area (Å²) in [6.07, 6.45) is 6.69. The molecule has 2 aromatic rings. The Balaban J connectivity index is 0.000000764. The maximum atomic E-state index is 12.3. The summed E-state index contributed by atoms with van der Waals surface area (Å²) in [5.74, 6) is 1.12. The SMILES string of the molecule is C.C=C.CC(C)C(C)(C)C.CC(C)NS(=O)(=O)C1CC1.CC(C)OC(=O)N[C@H](C(=O)C(C)C)C1CCCCC1.CC(C)ON=C1c2ccccc2-c2ccccc21. The van der Waals surface area contributed by atoms with E-state index in [-0.39, 0.29) is 54.6 Å². The molecule has 0 spiro atoms. The van der Waals surface area contributed by atoms with Crippen molar-refractivity contribution in [2.45, 2.75) is 172 Å².